The molecule has 0 amide bonds. The number of aryl methyl sites for hydroxylation is 1. The van der Waals surface area contributed by atoms with Crippen LogP contribution in [0.2, 0.25) is 0 Å². The molecule has 1 N–H and O–H groups in total. The molecular formula is C19H36N2O3S+2. The van der Waals surface area contributed by atoms with E-state index in [-0.39, 0.29) is 4.90 Å². The Morgan fingerprint density at radius 3 is 1.36 bits per heavy atom. The molecule has 1 fully saturated rings. The van der Waals surface area contributed by atoms with Gasteiger partial charge in [0.2, 0.25) is 0 Å². The highest BCUT2D eigenvalue weighted by Crippen LogP contribution is 2.18. The van der Waals surface area contributed by atoms with Crippen LogP contribution in [0, 0.1) is 6.92 Å². The van der Waals surface area contributed by atoms with Crippen LogP contribution in [0.4, 0.5) is 0 Å². The van der Waals surface area contributed by atoms with E-state index in [1.807, 2.05) is 6.92 Å². The normalized spacial score (nSPS) is 19.0. The van der Waals surface area contributed by atoms with Crippen LogP contribution in [0.15, 0.2) is 29.2 Å². The van der Waals surface area contributed by atoms with Crippen molar-refractivity contribution in [1.82, 2.24) is 0 Å². The maximum atomic E-state index is 10.5. The second-order valence-corrected chi connectivity index (χ2v) is 8.55. The molecule has 1 heterocycles. The molecule has 25 heavy (non-hydrogen) atoms. The van der Waals surface area contributed by atoms with Crippen LogP contribution < -0.4 is 0 Å². The third-order valence-corrected chi connectivity index (χ3v) is 6.97. The molecule has 0 aliphatic carbocycles. The molecule has 0 aromatic heterocycles. The topological polar surface area (TPSA) is 54.4 Å². The molecule has 0 radical (unpaired) electrons. The minimum atomic E-state index is -4.02. The Morgan fingerprint density at radius 1 is 0.800 bits per heavy atom. The maximum Gasteiger partial charge on any atom is 0.294 e. The lowest BCUT2D eigenvalue weighted by Gasteiger charge is -2.48. The van der Waals surface area contributed by atoms with Crippen LogP contribution in [0.3, 0.4) is 0 Å². The Kier molecular flexibility index (Phi) is 8.06. The van der Waals surface area contributed by atoms with Crippen molar-refractivity contribution in [3.8, 4) is 0 Å². The monoisotopic (exact) mass is 372 g/mol. The summed E-state index contributed by atoms with van der Waals surface area (Å²) < 4.78 is 32.3. The minimum absolute atomic E-state index is 0.0666. The first kappa shape index (κ1) is 22.1. The molecule has 144 valence electrons. The average molecular weight is 373 g/mol. The first-order valence-corrected chi connectivity index (χ1v) is 10.8. The largest absolute Gasteiger partial charge is 0.315 e. The number of quaternary nitrogens is 2. The molecule has 5 nitrogen and oxygen atoms in total. The third-order valence-electron chi connectivity index (χ3n) is 6.10. The fraction of sp³-hybridized carbons (Fsp3) is 0.684. The zero-order valence-electron chi connectivity index (χ0n) is 16.5. The van der Waals surface area contributed by atoms with Crippen molar-refractivity contribution in [2.75, 3.05) is 52.4 Å². The summed E-state index contributed by atoms with van der Waals surface area (Å²) in [5, 5.41) is 0. The van der Waals surface area contributed by atoms with E-state index in [1.165, 1.54) is 73.5 Å². The fourth-order valence-corrected chi connectivity index (χ4v) is 3.97. The first-order valence-electron chi connectivity index (χ1n) is 9.40. The number of benzene rings is 1. The van der Waals surface area contributed by atoms with Crippen molar-refractivity contribution in [1.29, 1.82) is 0 Å². The smallest absolute Gasteiger partial charge is 0.294 e. The predicted octanol–water partition coefficient (Wildman–Crippen LogP) is 2.95. The van der Waals surface area contributed by atoms with Crippen molar-refractivity contribution in [3.05, 3.63) is 29.8 Å². The molecule has 1 aromatic carbocycles. The molecule has 2 rings (SSSR count). The number of likely N-dealkylation sites (N-methyl/N-ethyl adjacent to an activating group) is 2. The molecular weight excluding hydrogens is 336 g/mol. The zero-order chi connectivity index (χ0) is 19.1. The van der Waals surface area contributed by atoms with Crippen LogP contribution >= 0.6 is 0 Å². The van der Waals surface area contributed by atoms with Gasteiger partial charge in [0.05, 0.1) is 31.1 Å². The molecule has 0 atom stereocenters. The molecule has 0 bridgehead atoms. The molecule has 1 saturated heterocycles. The van der Waals surface area contributed by atoms with Crippen LogP contribution in [0.25, 0.3) is 0 Å². The van der Waals surface area contributed by atoms with E-state index >= 15 is 0 Å². The lowest BCUT2D eigenvalue weighted by Crippen LogP contribution is -2.66. The number of piperazine rings is 1. The average Bonchev–Trinajstić information content (AvgIpc) is 2.62. The third kappa shape index (κ3) is 6.06. The van der Waals surface area contributed by atoms with Crippen molar-refractivity contribution in [3.63, 3.8) is 0 Å². The quantitative estimate of drug-likeness (QED) is 0.639. The molecule has 6 heteroatoms. The summed E-state index contributed by atoms with van der Waals surface area (Å²) in [5.41, 5.74) is 0.956. The summed E-state index contributed by atoms with van der Waals surface area (Å²) in [7, 11) is -4.02. The first-order chi connectivity index (χ1) is 11.7. The van der Waals surface area contributed by atoms with Crippen LogP contribution in [-0.4, -0.2) is 74.3 Å². The molecule has 1 aromatic rings. The van der Waals surface area contributed by atoms with Gasteiger partial charge in [-0.2, -0.15) is 8.42 Å². The molecule has 1 aliphatic heterocycles. The Balaban J connectivity index is 0.000000257. The van der Waals surface area contributed by atoms with Gasteiger partial charge < -0.3 is 8.97 Å². The number of rotatable bonds is 5. The van der Waals surface area contributed by atoms with E-state index in [0.29, 0.717) is 0 Å². The summed E-state index contributed by atoms with van der Waals surface area (Å²) in [6, 6.07) is 5.99. The highest BCUT2D eigenvalue weighted by Gasteiger charge is 2.38. The Hall–Kier alpha value is -0.950. The molecule has 1 aliphatic rings. The zero-order valence-corrected chi connectivity index (χ0v) is 17.3. The lowest BCUT2D eigenvalue weighted by molar-refractivity contribution is -1.03. The van der Waals surface area contributed by atoms with Crippen molar-refractivity contribution >= 4 is 10.1 Å². The Morgan fingerprint density at radius 2 is 1.12 bits per heavy atom. The lowest BCUT2D eigenvalue weighted by atomic mass is 10.2. The van der Waals surface area contributed by atoms with E-state index in [0.717, 1.165) is 5.56 Å². The summed E-state index contributed by atoms with van der Waals surface area (Å²) in [5.74, 6) is 0. The van der Waals surface area contributed by atoms with E-state index in [9.17, 15) is 8.42 Å². The van der Waals surface area contributed by atoms with E-state index < -0.39 is 10.1 Å². The number of hydrogen-bond acceptors (Lipinski definition) is 2. The standard InChI is InChI=1S/C12H28N2.C7H8O3S/c1-5-13(6-2)9-11-14(7-3,8-4)12-10-13;1-6-2-4-7(5-3-6)11(8,9)10/h5-12H2,1-4H3;2-5H,1H3,(H,8,9,10)/q+2;. The Labute approximate surface area is 154 Å². The van der Waals surface area contributed by atoms with Gasteiger partial charge >= 0.3 is 0 Å². The highest BCUT2D eigenvalue weighted by atomic mass is 32.2. The van der Waals surface area contributed by atoms with Gasteiger partial charge in [0.1, 0.15) is 26.2 Å². The van der Waals surface area contributed by atoms with Gasteiger partial charge in [-0.1, -0.05) is 17.7 Å². The van der Waals surface area contributed by atoms with Gasteiger partial charge in [0, 0.05) is 0 Å². The van der Waals surface area contributed by atoms with Crippen LogP contribution in [0.1, 0.15) is 33.3 Å². The molecule has 0 spiro atoms. The maximum absolute atomic E-state index is 10.5. The van der Waals surface area contributed by atoms with Crippen molar-refractivity contribution in [2.24, 2.45) is 0 Å². The second-order valence-electron chi connectivity index (χ2n) is 7.13. The minimum Gasteiger partial charge on any atom is -0.315 e. The molecule has 0 unspecified atom stereocenters. The summed E-state index contributed by atoms with van der Waals surface area (Å²) in [6.45, 7) is 22.1. The second kappa shape index (κ2) is 9.12. The van der Waals surface area contributed by atoms with Gasteiger partial charge in [-0.3, -0.25) is 4.55 Å². The number of nitrogens with zero attached hydrogens (tertiary/aromatic N) is 2. The van der Waals surface area contributed by atoms with Gasteiger partial charge in [-0.15, -0.1) is 0 Å². The summed E-state index contributed by atoms with van der Waals surface area (Å²) in [4.78, 5) is -0.0666. The SMILES string of the molecule is CC[N+]1(CC)CC[N+](CC)(CC)CC1.Cc1ccc(S(=O)(=O)O)cc1. The summed E-state index contributed by atoms with van der Waals surface area (Å²) in [6.07, 6.45) is 0. The van der Waals surface area contributed by atoms with Gasteiger partial charge in [0.15, 0.2) is 0 Å². The van der Waals surface area contributed by atoms with Gasteiger partial charge in [0.25, 0.3) is 10.1 Å². The predicted molar refractivity (Wildman–Crippen MR) is 103 cm³/mol. The van der Waals surface area contributed by atoms with Crippen LogP contribution in [-0.2, 0) is 10.1 Å². The Bertz CT molecular complexity index is 587. The van der Waals surface area contributed by atoms with Crippen LogP contribution in [0.5, 0.6) is 0 Å². The van der Waals surface area contributed by atoms with Crippen molar-refractivity contribution < 1.29 is 21.9 Å². The fourth-order valence-electron chi connectivity index (χ4n) is 3.49. The van der Waals surface area contributed by atoms with E-state index in [4.69, 9.17) is 4.55 Å². The van der Waals surface area contributed by atoms with E-state index in [1.54, 1.807) is 12.1 Å². The van der Waals surface area contributed by atoms with E-state index in [2.05, 4.69) is 27.7 Å². The number of hydrogen-bond donors (Lipinski definition) is 1. The molecule has 0 saturated carbocycles. The van der Waals surface area contributed by atoms with Gasteiger partial charge in [-0.25, -0.2) is 0 Å². The summed E-state index contributed by atoms with van der Waals surface area (Å²) >= 11 is 0. The highest BCUT2D eigenvalue weighted by molar-refractivity contribution is 7.85. The van der Waals surface area contributed by atoms with Gasteiger partial charge in [-0.05, 0) is 46.8 Å². The van der Waals surface area contributed by atoms with Crippen molar-refractivity contribution in [2.45, 2.75) is 39.5 Å².